The molecule has 1 aromatic heterocycles. The smallest absolute Gasteiger partial charge is 0.349 e. The van der Waals surface area contributed by atoms with Crippen molar-refractivity contribution in [3.63, 3.8) is 0 Å². The molecule has 0 amide bonds. The van der Waals surface area contributed by atoms with Crippen LogP contribution in [0.2, 0.25) is 0 Å². The molecule has 19 heavy (non-hydrogen) atoms. The van der Waals surface area contributed by atoms with Crippen molar-refractivity contribution in [2.45, 2.75) is 52.6 Å². The Kier molecular flexibility index (Phi) is 4.50. The standard InChI is InChI=1S/C15H22O3S/c1-4-12-8-13(14(19-12)15(16)17)18-11-6-9(2)5-10(3)7-11/h8-11H,4-7H2,1-3H3,(H,16,17). The van der Waals surface area contributed by atoms with E-state index in [1.807, 2.05) is 13.0 Å². The summed E-state index contributed by atoms with van der Waals surface area (Å²) in [4.78, 5) is 12.7. The number of aryl methyl sites for hydroxylation is 1. The number of hydrogen-bond donors (Lipinski definition) is 1. The van der Waals surface area contributed by atoms with Crippen molar-refractivity contribution in [1.29, 1.82) is 0 Å². The Hall–Kier alpha value is -1.03. The Morgan fingerprint density at radius 1 is 1.37 bits per heavy atom. The molecule has 0 bridgehead atoms. The van der Waals surface area contributed by atoms with Crippen LogP contribution in [-0.2, 0) is 6.42 Å². The van der Waals surface area contributed by atoms with E-state index in [0.29, 0.717) is 22.5 Å². The molecule has 106 valence electrons. The molecule has 2 atom stereocenters. The Morgan fingerprint density at radius 2 is 2.00 bits per heavy atom. The lowest BCUT2D eigenvalue weighted by atomic mass is 9.82. The number of thiophene rings is 1. The Balaban J connectivity index is 2.13. The molecule has 1 saturated carbocycles. The molecule has 1 heterocycles. The number of carboxylic acids is 1. The van der Waals surface area contributed by atoms with Gasteiger partial charge in [0.15, 0.2) is 4.88 Å². The van der Waals surface area contributed by atoms with Gasteiger partial charge in [-0.2, -0.15) is 0 Å². The predicted molar refractivity (Wildman–Crippen MR) is 77.3 cm³/mol. The SMILES string of the molecule is CCc1cc(OC2CC(C)CC(C)C2)c(C(=O)O)s1. The zero-order valence-electron chi connectivity index (χ0n) is 11.8. The molecule has 0 aromatic carbocycles. The molecule has 1 aliphatic carbocycles. The molecular weight excluding hydrogens is 260 g/mol. The van der Waals surface area contributed by atoms with Gasteiger partial charge in [0.05, 0.1) is 6.10 Å². The fourth-order valence-corrected chi connectivity index (χ4v) is 3.85. The number of aromatic carboxylic acids is 1. The quantitative estimate of drug-likeness (QED) is 0.899. The fourth-order valence-electron chi connectivity index (χ4n) is 2.98. The lowest BCUT2D eigenvalue weighted by Crippen LogP contribution is -2.28. The predicted octanol–water partition coefficient (Wildman–Crippen LogP) is 4.21. The van der Waals surface area contributed by atoms with Crippen LogP contribution in [0.4, 0.5) is 0 Å². The molecule has 0 aliphatic heterocycles. The molecule has 1 aromatic rings. The number of rotatable bonds is 4. The van der Waals surface area contributed by atoms with Gasteiger partial charge in [-0.25, -0.2) is 4.79 Å². The average molecular weight is 282 g/mol. The first-order chi connectivity index (χ1) is 8.99. The zero-order valence-corrected chi connectivity index (χ0v) is 12.6. The summed E-state index contributed by atoms with van der Waals surface area (Å²) in [5.41, 5.74) is 0. The van der Waals surface area contributed by atoms with E-state index in [1.165, 1.54) is 17.8 Å². The van der Waals surface area contributed by atoms with Crippen LogP contribution in [0.25, 0.3) is 0 Å². The second-order valence-corrected chi connectivity index (χ2v) is 6.86. The molecule has 2 unspecified atom stereocenters. The third-order valence-electron chi connectivity index (χ3n) is 3.72. The Morgan fingerprint density at radius 3 is 2.53 bits per heavy atom. The first-order valence-electron chi connectivity index (χ1n) is 7.02. The van der Waals surface area contributed by atoms with Crippen molar-refractivity contribution in [2.24, 2.45) is 11.8 Å². The van der Waals surface area contributed by atoms with Crippen LogP contribution in [0.15, 0.2) is 6.07 Å². The second-order valence-electron chi connectivity index (χ2n) is 5.72. The highest BCUT2D eigenvalue weighted by Gasteiger charge is 2.27. The maximum absolute atomic E-state index is 11.3. The molecule has 2 rings (SSSR count). The highest BCUT2D eigenvalue weighted by Crippen LogP contribution is 2.35. The van der Waals surface area contributed by atoms with Crippen molar-refractivity contribution < 1.29 is 14.6 Å². The van der Waals surface area contributed by atoms with E-state index >= 15 is 0 Å². The summed E-state index contributed by atoms with van der Waals surface area (Å²) >= 11 is 1.33. The van der Waals surface area contributed by atoms with Gasteiger partial charge in [-0.05, 0) is 43.6 Å². The van der Waals surface area contributed by atoms with Crippen molar-refractivity contribution in [1.82, 2.24) is 0 Å². The van der Waals surface area contributed by atoms with Crippen LogP contribution < -0.4 is 4.74 Å². The summed E-state index contributed by atoms with van der Waals surface area (Å²) in [5.74, 6) is 1.01. The summed E-state index contributed by atoms with van der Waals surface area (Å²) < 4.78 is 6.00. The number of carbonyl (C=O) groups is 1. The van der Waals surface area contributed by atoms with E-state index in [9.17, 15) is 9.90 Å². The van der Waals surface area contributed by atoms with Gasteiger partial charge in [-0.15, -0.1) is 11.3 Å². The van der Waals surface area contributed by atoms with E-state index in [-0.39, 0.29) is 6.10 Å². The van der Waals surface area contributed by atoms with E-state index in [2.05, 4.69) is 13.8 Å². The largest absolute Gasteiger partial charge is 0.489 e. The Bertz CT molecular complexity index is 442. The first kappa shape index (κ1) is 14.4. The lowest BCUT2D eigenvalue weighted by molar-refractivity contribution is 0.0683. The lowest BCUT2D eigenvalue weighted by Gasteiger charge is -2.31. The van der Waals surface area contributed by atoms with Crippen molar-refractivity contribution in [2.75, 3.05) is 0 Å². The normalized spacial score (nSPS) is 27.2. The molecule has 0 spiro atoms. The summed E-state index contributed by atoms with van der Waals surface area (Å²) in [7, 11) is 0. The van der Waals surface area contributed by atoms with Crippen molar-refractivity contribution in [3.8, 4) is 5.75 Å². The summed E-state index contributed by atoms with van der Waals surface area (Å²) in [6.45, 7) is 6.52. The first-order valence-corrected chi connectivity index (χ1v) is 7.83. The topological polar surface area (TPSA) is 46.5 Å². The maximum atomic E-state index is 11.3. The molecule has 0 saturated heterocycles. The van der Waals surface area contributed by atoms with Crippen LogP contribution in [-0.4, -0.2) is 17.2 Å². The van der Waals surface area contributed by atoms with Gasteiger partial charge in [0, 0.05) is 4.88 Å². The van der Waals surface area contributed by atoms with Crippen LogP contribution in [0.1, 0.15) is 54.6 Å². The monoisotopic (exact) mass is 282 g/mol. The van der Waals surface area contributed by atoms with Gasteiger partial charge in [0.25, 0.3) is 0 Å². The van der Waals surface area contributed by atoms with Crippen LogP contribution >= 0.6 is 11.3 Å². The molecule has 3 nitrogen and oxygen atoms in total. The minimum atomic E-state index is -0.878. The number of ether oxygens (including phenoxy) is 1. The third-order valence-corrected chi connectivity index (χ3v) is 4.97. The summed E-state index contributed by atoms with van der Waals surface area (Å²) in [5, 5.41) is 9.24. The van der Waals surface area contributed by atoms with Gasteiger partial charge < -0.3 is 9.84 Å². The van der Waals surface area contributed by atoms with Gasteiger partial charge in [-0.1, -0.05) is 20.8 Å². The summed E-state index contributed by atoms with van der Waals surface area (Å²) in [6.07, 6.45) is 4.32. The van der Waals surface area contributed by atoms with Gasteiger partial charge in [-0.3, -0.25) is 0 Å². The van der Waals surface area contributed by atoms with Crippen molar-refractivity contribution in [3.05, 3.63) is 15.8 Å². The molecular formula is C15H22O3S. The highest BCUT2D eigenvalue weighted by atomic mass is 32.1. The fraction of sp³-hybridized carbons (Fsp3) is 0.667. The minimum Gasteiger partial charge on any atom is -0.489 e. The van der Waals surface area contributed by atoms with Crippen molar-refractivity contribution >= 4 is 17.3 Å². The van der Waals surface area contributed by atoms with E-state index in [4.69, 9.17) is 4.74 Å². The second kappa shape index (κ2) is 5.95. The van der Waals surface area contributed by atoms with Crippen LogP contribution in [0.3, 0.4) is 0 Å². The zero-order chi connectivity index (χ0) is 14.0. The average Bonchev–Trinajstić information content (AvgIpc) is 2.71. The van der Waals surface area contributed by atoms with E-state index in [0.717, 1.165) is 24.1 Å². The Labute approximate surface area is 118 Å². The van der Waals surface area contributed by atoms with Crippen LogP contribution in [0.5, 0.6) is 5.75 Å². The molecule has 0 radical (unpaired) electrons. The third kappa shape index (κ3) is 3.50. The van der Waals surface area contributed by atoms with Gasteiger partial charge >= 0.3 is 5.97 Å². The summed E-state index contributed by atoms with van der Waals surface area (Å²) in [6, 6.07) is 1.90. The number of hydrogen-bond acceptors (Lipinski definition) is 3. The van der Waals surface area contributed by atoms with E-state index < -0.39 is 5.97 Å². The van der Waals surface area contributed by atoms with E-state index in [1.54, 1.807) is 0 Å². The highest BCUT2D eigenvalue weighted by molar-refractivity contribution is 7.14. The molecule has 1 aliphatic rings. The van der Waals surface area contributed by atoms with Crippen LogP contribution in [0, 0.1) is 11.8 Å². The molecule has 1 fully saturated rings. The molecule has 1 N–H and O–H groups in total. The number of carboxylic acid groups (broad SMARTS) is 1. The van der Waals surface area contributed by atoms with Gasteiger partial charge in [0.1, 0.15) is 5.75 Å². The minimum absolute atomic E-state index is 0.163. The maximum Gasteiger partial charge on any atom is 0.349 e. The van der Waals surface area contributed by atoms with Gasteiger partial charge in [0.2, 0.25) is 0 Å². The molecule has 4 heteroatoms.